The lowest BCUT2D eigenvalue weighted by molar-refractivity contribution is -0.182. The van der Waals surface area contributed by atoms with E-state index in [0.717, 1.165) is 13.0 Å². The molecule has 66 valence electrons. The molecule has 0 bridgehead atoms. The van der Waals surface area contributed by atoms with Gasteiger partial charge in [-0.05, 0) is 20.3 Å². The zero-order chi connectivity index (χ0) is 8.77. The summed E-state index contributed by atoms with van der Waals surface area (Å²) in [5.41, 5.74) is -0.427. The number of rotatable bonds is 0. The fourth-order valence-electron chi connectivity index (χ4n) is 1.91. The SMILES string of the molecule is CC1(C)OCC[C@@H]2C=CC(=O)N21. The number of nitrogens with zero attached hydrogens (tertiary/aromatic N) is 1. The molecule has 1 amide bonds. The smallest absolute Gasteiger partial charge is 0.249 e. The third-order valence-electron chi connectivity index (χ3n) is 2.48. The van der Waals surface area contributed by atoms with Crippen LogP contribution in [0.25, 0.3) is 0 Å². The third kappa shape index (κ3) is 0.966. The molecule has 0 saturated carbocycles. The highest BCUT2D eigenvalue weighted by Crippen LogP contribution is 2.30. The zero-order valence-electron chi connectivity index (χ0n) is 7.41. The Morgan fingerprint density at radius 3 is 3.08 bits per heavy atom. The molecule has 0 aromatic carbocycles. The highest BCUT2D eigenvalue weighted by Gasteiger charge is 2.41. The summed E-state index contributed by atoms with van der Waals surface area (Å²) in [4.78, 5) is 13.2. The Labute approximate surface area is 72.0 Å². The molecular formula is C9H13NO2. The maximum Gasteiger partial charge on any atom is 0.249 e. The van der Waals surface area contributed by atoms with E-state index in [9.17, 15) is 4.79 Å². The summed E-state index contributed by atoms with van der Waals surface area (Å²) in [5, 5.41) is 0. The highest BCUT2D eigenvalue weighted by molar-refractivity contribution is 5.91. The van der Waals surface area contributed by atoms with Crippen molar-refractivity contribution in [3.63, 3.8) is 0 Å². The molecule has 0 unspecified atom stereocenters. The van der Waals surface area contributed by atoms with Crippen LogP contribution in [0.4, 0.5) is 0 Å². The van der Waals surface area contributed by atoms with Gasteiger partial charge in [0.2, 0.25) is 5.91 Å². The highest BCUT2D eigenvalue weighted by atomic mass is 16.5. The van der Waals surface area contributed by atoms with Crippen LogP contribution in [0.15, 0.2) is 12.2 Å². The first-order valence-corrected chi connectivity index (χ1v) is 4.27. The number of amides is 1. The van der Waals surface area contributed by atoms with Gasteiger partial charge in [0.1, 0.15) is 5.72 Å². The molecule has 0 spiro atoms. The molecule has 2 aliphatic heterocycles. The van der Waals surface area contributed by atoms with Crippen molar-refractivity contribution in [1.82, 2.24) is 4.90 Å². The van der Waals surface area contributed by atoms with E-state index in [4.69, 9.17) is 4.74 Å². The van der Waals surface area contributed by atoms with Crippen LogP contribution in [0.3, 0.4) is 0 Å². The van der Waals surface area contributed by atoms with Crippen LogP contribution in [0.5, 0.6) is 0 Å². The van der Waals surface area contributed by atoms with Crippen molar-refractivity contribution in [1.29, 1.82) is 0 Å². The van der Waals surface area contributed by atoms with Gasteiger partial charge in [0, 0.05) is 6.08 Å². The van der Waals surface area contributed by atoms with Crippen molar-refractivity contribution in [3.8, 4) is 0 Å². The lowest BCUT2D eigenvalue weighted by atomic mass is 10.1. The van der Waals surface area contributed by atoms with E-state index in [1.54, 1.807) is 11.0 Å². The minimum Gasteiger partial charge on any atom is -0.356 e. The molecule has 0 radical (unpaired) electrons. The number of carbonyl (C=O) groups excluding carboxylic acids is 1. The lowest BCUT2D eigenvalue weighted by Crippen LogP contribution is -2.55. The molecular weight excluding hydrogens is 154 g/mol. The average molecular weight is 167 g/mol. The fraction of sp³-hybridized carbons (Fsp3) is 0.667. The minimum absolute atomic E-state index is 0.0738. The van der Waals surface area contributed by atoms with Crippen LogP contribution in [0, 0.1) is 0 Å². The molecule has 1 atom stereocenters. The first-order chi connectivity index (χ1) is 5.61. The van der Waals surface area contributed by atoms with Crippen LogP contribution in [-0.2, 0) is 9.53 Å². The molecule has 3 heteroatoms. The Hall–Kier alpha value is -0.830. The van der Waals surface area contributed by atoms with E-state index >= 15 is 0 Å². The molecule has 0 aromatic rings. The Morgan fingerprint density at radius 1 is 1.67 bits per heavy atom. The van der Waals surface area contributed by atoms with Crippen molar-refractivity contribution in [2.24, 2.45) is 0 Å². The Balaban J connectivity index is 2.28. The van der Waals surface area contributed by atoms with Crippen molar-refractivity contribution >= 4 is 5.91 Å². The molecule has 0 aromatic heterocycles. The van der Waals surface area contributed by atoms with Crippen molar-refractivity contribution < 1.29 is 9.53 Å². The van der Waals surface area contributed by atoms with Gasteiger partial charge in [-0.1, -0.05) is 6.08 Å². The maximum atomic E-state index is 11.4. The normalized spacial score (nSPS) is 32.3. The monoisotopic (exact) mass is 167 g/mol. The Kier molecular flexibility index (Phi) is 1.51. The fourth-order valence-corrected chi connectivity index (χ4v) is 1.91. The van der Waals surface area contributed by atoms with Crippen molar-refractivity contribution in [3.05, 3.63) is 12.2 Å². The summed E-state index contributed by atoms with van der Waals surface area (Å²) in [6.07, 6.45) is 4.53. The van der Waals surface area contributed by atoms with Crippen molar-refractivity contribution in [2.75, 3.05) is 6.61 Å². The summed E-state index contributed by atoms with van der Waals surface area (Å²) < 4.78 is 5.51. The number of hydrogen-bond donors (Lipinski definition) is 0. The van der Waals surface area contributed by atoms with E-state index in [2.05, 4.69) is 0 Å². The zero-order valence-corrected chi connectivity index (χ0v) is 7.41. The van der Waals surface area contributed by atoms with Gasteiger partial charge in [-0.2, -0.15) is 0 Å². The second kappa shape index (κ2) is 2.33. The Bertz CT molecular complexity index is 245. The lowest BCUT2D eigenvalue weighted by Gasteiger charge is -2.43. The molecule has 3 nitrogen and oxygen atoms in total. The predicted octanol–water partition coefficient (Wildman–Crippen LogP) is 0.910. The second-order valence-corrected chi connectivity index (χ2v) is 3.72. The molecule has 2 rings (SSSR count). The molecule has 12 heavy (non-hydrogen) atoms. The summed E-state index contributed by atoms with van der Waals surface area (Å²) in [6, 6.07) is 0.265. The van der Waals surface area contributed by atoms with E-state index in [1.165, 1.54) is 0 Å². The molecule has 0 aliphatic carbocycles. The van der Waals surface area contributed by atoms with E-state index in [1.807, 2.05) is 19.9 Å². The summed E-state index contributed by atoms with van der Waals surface area (Å²) in [6.45, 7) is 4.61. The van der Waals surface area contributed by atoms with Crippen LogP contribution in [0.2, 0.25) is 0 Å². The van der Waals surface area contributed by atoms with Gasteiger partial charge in [-0.3, -0.25) is 4.79 Å². The maximum absolute atomic E-state index is 11.4. The summed E-state index contributed by atoms with van der Waals surface area (Å²) >= 11 is 0. The van der Waals surface area contributed by atoms with Crippen LogP contribution in [-0.4, -0.2) is 29.2 Å². The van der Waals surface area contributed by atoms with Crippen molar-refractivity contribution in [2.45, 2.75) is 32.0 Å². The molecule has 1 saturated heterocycles. The standard InChI is InChI=1S/C9H13NO2/c1-9(2)10-7(5-6-12-9)3-4-8(10)11/h3-4,7H,5-6H2,1-2H3/t7-/m0/s1. The first kappa shape index (κ1) is 7.80. The average Bonchev–Trinajstić information content (AvgIpc) is 2.32. The Morgan fingerprint density at radius 2 is 2.42 bits per heavy atom. The summed E-state index contributed by atoms with van der Waals surface area (Å²) in [5.74, 6) is 0.0738. The molecule has 2 aliphatic rings. The molecule has 0 N–H and O–H groups in total. The van der Waals surface area contributed by atoms with Gasteiger partial charge >= 0.3 is 0 Å². The largest absolute Gasteiger partial charge is 0.356 e. The first-order valence-electron chi connectivity index (χ1n) is 4.27. The number of carbonyl (C=O) groups is 1. The number of ether oxygens (including phenoxy) is 1. The second-order valence-electron chi connectivity index (χ2n) is 3.72. The topological polar surface area (TPSA) is 29.5 Å². The third-order valence-corrected chi connectivity index (χ3v) is 2.48. The predicted molar refractivity (Wildman–Crippen MR) is 44.4 cm³/mol. The van der Waals surface area contributed by atoms with Gasteiger partial charge in [-0.15, -0.1) is 0 Å². The van der Waals surface area contributed by atoms with Gasteiger partial charge in [0.25, 0.3) is 0 Å². The van der Waals surface area contributed by atoms with E-state index in [-0.39, 0.29) is 11.9 Å². The van der Waals surface area contributed by atoms with Gasteiger partial charge in [0.05, 0.1) is 12.6 Å². The van der Waals surface area contributed by atoms with E-state index in [0.29, 0.717) is 0 Å². The number of fused-ring (bicyclic) bond motifs is 1. The quantitative estimate of drug-likeness (QED) is 0.536. The van der Waals surface area contributed by atoms with Gasteiger partial charge in [0.15, 0.2) is 0 Å². The number of hydrogen-bond acceptors (Lipinski definition) is 2. The van der Waals surface area contributed by atoms with Crippen LogP contribution in [0.1, 0.15) is 20.3 Å². The van der Waals surface area contributed by atoms with Crippen LogP contribution < -0.4 is 0 Å². The van der Waals surface area contributed by atoms with Crippen LogP contribution >= 0.6 is 0 Å². The summed E-state index contributed by atoms with van der Waals surface area (Å²) in [7, 11) is 0. The van der Waals surface area contributed by atoms with Gasteiger partial charge < -0.3 is 9.64 Å². The molecule has 2 heterocycles. The van der Waals surface area contributed by atoms with Gasteiger partial charge in [-0.25, -0.2) is 0 Å². The minimum atomic E-state index is -0.427. The molecule has 1 fully saturated rings. The van der Waals surface area contributed by atoms with E-state index < -0.39 is 5.72 Å².